The summed E-state index contributed by atoms with van der Waals surface area (Å²) in [6, 6.07) is 12.4. The maximum Gasteiger partial charge on any atom is 0.265 e. The van der Waals surface area contributed by atoms with E-state index in [4.69, 9.17) is 14.7 Å². The highest BCUT2D eigenvalue weighted by Crippen LogP contribution is 2.17. The van der Waals surface area contributed by atoms with E-state index in [2.05, 4.69) is 15.2 Å². The number of carbonyl (C=O) groups is 1. The number of hydrogen-bond acceptors (Lipinski definition) is 6. The van der Waals surface area contributed by atoms with Gasteiger partial charge in [0.05, 0.1) is 36.7 Å². The van der Waals surface area contributed by atoms with E-state index in [0.29, 0.717) is 30.2 Å². The standard InChI is InChI=1S/C19H20N4O3/c1-14(26-17-5-2-15(12-20)3-6-17)19(24)22-16-4-7-18(21-13-16)23-8-10-25-11-9-23/h2-7,13-14H,8-11H2,1H3,(H,22,24). The molecule has 3 rings (SSSR count). The number of morpholine rings is 1. The molecule has 1 fully saturated rings. The van der Waals surface area contributed by atoms with Crippen molar-refractivity contribution in [3.05, 3.63) is 48.2 Å². The zero-order chi connectivity index (χ0) is 18.4. The lowest BCUT2D eigenvalue weighted by Crippen LogP contribution is -2.36. The monoisotopic (exact) mass is 352 g/mol. The van der Waals surface area contributed by atoms with E-state index >= 15 is 0 Å². The van der Waals surface area contributed by atoms with Crippen molar-refractivity contribution in [3.8, 4) is 11.8 Å². The molecular formula is C19H20N4O3. The number of amides is 1. The summed E-state index contributed by atoms with van der Waals surface area (Å²) in [5.41, 5.74) is 1.16. The highest BCUT2D eigenvalue weighted by atomic mass is 16.5. The van der Waals surface area contributed by atoms with Crippen LogP contribution in [0.25, 0.3) is 0 Å². The molecule has 1 aromatic carbocycles. The first-order chi connectivity index (χ1) is 12.7. The third-order valence-corrected chi connectivity index (χ3v) is 4.02. The van der Waals surface area contributed by atoms with Gasteiger partial charge in [0.1, 0.15) is 11.6 Å². The zero-order valence-electron chi connectivity index (χ0n) is 14.5. The number of carbonyl (C=O) groups excluding carboxylic acids is 1. The molecule has 1 N–H and O–H groups in total. The van der Waals surface area contributed by atoms with Crippen LogP contribution in [0.1, 0.15) is 12.5 Å². The summed E-state index contributed by atoms with van der Waals surface area (Å²) in [7, 11) is 0. The van der Waals surface area contributed by atoms with E-state index in [-0.39, 0.29) is 5.91 Å². The minimum absolute atomic E-state index is 0.268. The molecule has 1 amide bonds. The Kier molecular flexibility index (Phi) is 5.66. The average molecular weight is 352 g/mol. The summed E-state index contributed by atoms with van der Waals surface area (Å²) in [6.45, 7) is 4.69. The normalized spacial score (nSPS) is 15.0. The van der Waals surface area contributed by atoms with Crippen LogP contribution in [0.3, 0.4) is 0 Å². The van der Waals surface area contributed by atoms with Crippen LogP contribution in [0.5, 0.6) is 5.75 Å². The smallest absolute Gasteiger partial charge is 0.265 e. The Labute approximate surface area is 152 Å². The number of pyridine rings is 1. The summed E-state index contributed by atoms with van der Waals surface area (Å²) < 4.78 is 10.9. The first kappa shape index (κ1) is 17.7. The van der Waals surface area contributed by atoms with Crippen molar-refractivity contribution in [1.29, 1.82) is 5.26 Å². The Morgan fingerprint density at radius 1 is 1.27 bits per heavy atom. The molecule has 1 aliphatic rings. The van der Waals surface area contributed by atoms with Crippen LogP contribution in [-0.4, -0.2) is 43.3 Å². The highest BCUT2D eigenvalue weighted by molar-refractivity contribution is 5.94. The molecule has 1 unspecified atom stereocenters. The molecule has 2 aromatic rings. The van der Waals surface area contributed by atoms with Gasteiger partial charge < -0.3 is 19.7 Å². The van der Waals surface area contributed by atoms with Crippen LogP contribution in [0.4, 0.5) is 11.5 Å². The minimum atomic E-state index is -0.679. The van der Waals surface area contributed by atoms with Gasteiger partial charge in [0.15, 0.2) is 6.10 Å². The molecule has 26 heavy (non-hydrogen) atoms. The van der Waals surface area contributed by atoms with Crippen LogP contribution in [0.15, 0.2) is 42.6 Å². The van der Waals surface area contributed by atoms with Gasteiger partial charge in [0.25, 0.3) is 5.91 Å². The SMILES string of the molecule is CC(Oc1ccc(C#N)cc1)C(=O)Nc1ccc(N2CCOCC2)nc1. The van der Waals surface area contributed by atoms with Crippen LogP contribution in [-0.2, 0) is 9.53 Å². The molecule has 1 atom stereocenters. The number of aromatic nitrogens is 1. The average Bonchev–Trinajstić information content (AvgIpc) is 2.70. The van der Waals surface area contributed by atoms with Crippen LogP contribution in [0, 0.1) is 11.3 Å². The van der Waals surface area contributed by atoms with Crippen molar-refractivity contribution < 1.29 is 14.3 Å². The Morgan fingerprint density at radius 3 is 2.62 bits per heavy atom. The summed E-state index contributed by atoms with van der Waals surface area (Å²) >= 11 is 0. The summed E-state index contributed by atoms with van der Waals surface area (Å²) in [4.78, 5) is 18.8. The van der Waals surface area contributed by atoms with Crippen molar-refractivity contribution in [2.75, 3.05) is 36.5 Å². The van der Waals surface area contributed by atoms with E-state index < -0.39 is 6.10 Å². The van der Waals surface area contributed by atoms with Gasteiger partial charge in [-0.3, -0.25) is 4.79 Å². The van der Waals surface area contributed by atoms with E-state index in [1.807, 2.05) is 18.2 Å². The fourth-order valence-electron chi connectivity index (χ4n) is 2.55. The van der Waals surface area contributed by atoms with E-state index in [9.17, 15) is 4.79 Å². The lowest BCUT2D eigenvalue weighted by atomic mass is 10.2. The quantitative estimate of drug-likeness (QED) is 0.888. The predicted octanol–water partition coefficient (Wildman–Crippen LogP) is 2.20. The third kappa shape index (κ3) is 4.49. The van der Waals surface area contributed by atoms with E-state index in [1.54, 1.807) is 37.4 Å². The number of benzene rings is 1. The Bertz CT molecular complexity index is 778. The molecule has 134 valence electrons. The van der Waals surface area contributed by atoms with Crippen molar-refractivity contribution in [3.63, 3.8) is 0 Å². The molecule has 0 spiro atoms. The number of hydrogen-bond donors (Lipinski definition) is 1. The molecule has 0 radical (unpaired) electrons. The molecule has 2 heterocycles. The third-order valence-electron chi connectivity index (χ3n) is 4.02. The van der Waals surface area contributed by atoms with Crippen molar-refractivity contribution in [2.45, 2.75) is 13.0 Å². The maximum atomic E-state index is 12.3. The maximum absolute atomic E-state index is 12.3. The fourth-order valence-corrected chi connectivity index (χ4v) is 2.55. The molecular weight excluding hydrogens is 332 g/mol. The molecule has 0 bridgehead atoms. The van der Waals surface area contributed by atoms with E-state index in [0.717, 1.165) is 18.9 Å². The van der Waals surface area contributed by atoms with Crippen molar-refractivity contribution in [1.82, 2.24) is 4.98 Å². The van der Waals surface area contributed by atoms with Gasteiger partial charge in [-0.1, -0.05) is 0 Å². The predicted molar refractivity (Wildman–Crippen MR) is 97.1 cm³/mol. The number of anilines is 2. The molecule has 7 heteroatoms. The second-order valence-electron chi connectivity index (χ2n) is 5.89. The molecule has 0 saturated carbocycles. The minimum Gasteiger partial charge on any atom is -0.481 e. The molecule has 1 saturated heterocycles. The van der Waals surface area contributed by atoms with Gasteiger partial charge in [-0.25, -0.2) is 4.98 Å². The lowest BCUT2D eigenvalue weighted by molar-refractivity contribution is -0.122. The van der Waals surface area contributed by atoms with E-state index in [1.165, 1.54) is 0 Å². The van der Waals surface area contributed by atoms with Gasteiger partial charge >= 0.3 is 0 Å². The zero-order valence-corrected chi connectivity index (χ0v) is 14.5. The highest BCUT2D eigenvalue weighted by Gasteiger charge is 2.16. The van der Waals surface area contributed by atoms with Crippen LogP contribution in [0.2, 0.25) is 0 Å². The summed E-state index contributed by atoms with van der Waals surface area (Å²) in [5.74, 6) is 1.14. The van der Waals surface area contributed by atoms with Crippen molar-refractivity contribution in [2.24, 2.45) is 0 Å². The molecule has 1 aliphatic heterocycles. The topological polar surface area (TPSA) is 87.5 Å². The van der Waals surface area contributed by atoms with Crippen LogP contribution < -0.4 is 15.0 Å². The van der Waals surface area contributed by atoms with Gasteiger partial charge in [0.2, 0.25) is 0 Å². The Balaban J connectivity index is 1.55. The summed E-state index contributed by atoms with van der Waals surface area (Å²) in [5, 5.41) is 11.6. The molecule has 1 aromatic heterocycles. The number of rotatable bonds is 5. The van der Waals surface area contributed by atoms with Crippen molar-refractivity contribution >= 4 is 17.4 Å². The number of nitrogens with zero attached hydrogens (tertiary/aromatic N) is 3. The largest absolute Gasteiger partial charge is 0.481 e. The summed E-state index contributed by atoms with van der Waals surface area (Å²) in [6.07, 6.45) is 0.957. The number of nitriles is 1. The Hall–Kier alpha value is -3.11. The van der Waals surface area contributed by atoms with Gasteiger partial charge in [-0.15, -0.1) is 0 Å². The number of ether oxygens (including phenoxy) is 2. The van der Waals surface area contributed by atoms with Gasteiger partial charge in [-0.05, 0) is 43.3 Å². The van der Waals surface area contributed by atoms with Gasteiger partial charge in [0, 0.05) is 13.1 Å². The molecule has 7 nitrogen and oxygen atoms in total. The second-order valence-corrected chi connectivity index (χ2v) is 5.89. The van der Waals surface area contributed by atoms with Gasteiger partial charge in [-0.2, -0.15) is 5.26 Å². The second kappa shape index (κ2) is 8.32. The first-order valence-corrected chi connectivity index (χ1v) is 8.42. The lowest BCUT2D eigenvalue weighted by Gasteiger charge is -2.27. The molecule has 0 aliphatic carbocycles. The Morgan fingerprint density at radius 2 is 2.00 bits per heavy atom. The first-order valence-electron chi connectivity index (χ1n) is 8.42. The van der Waals surface area contributed by atoms with Crippen LogP contribution >= 0.6 is 0 Å². The fraction of sp³-hybridized carbons (Fsp3) is 0.316. The number of nitrogens with one attached hydrogen (secondary N) is 1.